The summed E-state index contributed by atoms with van der Waals surface area (Å²) in [6.45, 7) is 0. The molecule has 0 radical (unpaired) electrons. The van der Waals surface area contributed by atoms with E-state index in [4.69, 9.17) is 10.2 Å². The molecule has 136 valence electrons. The Morgan fingerprint density at radius 2 is 2.00 bits per heavy atom. The van der Waals surface area contributed by atoms with Crippen molar-refractivity contribution >= 4 is 46.0 Å². The molecule has 1 aromatic heterocycles. The van der Waals surface area contributed by atoms with Gasteiger partial charge in [0.2, 0.25) is 0 Å². The molecule has 0 aliphatic carbocycles. The zero-order valence-electron chi connectivity index (χ0n) is 13.6. The van der Waals surface area contributed by atoms with E-state index in [1.54, 1.807) is 12.1 Å². The Hall–Kier alpha value is -3.60. The maximum Gasteiger partial charge on any atom is 0.313 e. The number of benzene rings is 1. The van der Waals surface area contributed by atoms with Crippen molar-refractivity contribution < 1.29 is 18.9 Å². The number of amides is 2. The van der Waals surface area contributed by atoms with E-state index in [2.05, 4.69) is 15.0 Å². The van der Waals surface area contributed by atoms with Gasteiger partial charge in [0, 0.05) is 17.9 Å². The van der Waals surface area contributed by atoms with E-state index < -0.39 is 16.7 Å². The van der Waals surface area contributed by atoms with Crippen LogP contribution in [0.4, 0.5) is 5.69 Å². The number of nitro groups is 1. The minimum atomic E-state index is -0.784. The molecule has 0 spiro atoms. The van der Waals surface area contributed by atoms with Crippen molar-refractivity contribution in [3.8, 4) is 0 Å². The van der Waals surface area contributed by atoms with Crippen molar-refractivity contribution in [3.63, 3.8) is 0 Å². The Morgan fingerprint density at radius 3 is 2.59 bits per heavy atom. The molecule has 1 aliphatic rings. The number of nitrogens with two attached hydrogens (primary N) is 1. The number of rotatable bonds is 4. The number of nitro benzene ring substituents is 1. The molecule has 0 atom stereocenters. The van der Waals surface area contributed by atoms with Crippen LogP contribution in [-0.4, -0.2) is 33.5 Å². The van der Waals surface area contributed by atoms with Crippen LogP contribution < -0.4 is 5.73 Å². The van der Waals surface area contributed by atoms with Crippen LogP contribution in [0.2, 0.25) is 0 Å². The van der Waals surface area contributed by atoms with Crippen LogP contribution in [0.25, 0.3) is 0 Å². The topological polar surface area (TPSA) is 154 Å². The van der Waals surface area contributed by atoms with E-state index in [9.17, 15) is 19.7 Å². The third kappa shape index (κ3) is 4.33. The first-order chi connectivity index (χ1) is 12.9. The lowest BCUT2D eigenvalue weighted by molar-refractivity contribution is -0.384. The highest BCUT2D eigenvalue weighted by atomic mass is 32.2. The van der Waals surface area contributed by atoms with Gasteiger partial charge in [0.05, 0.1) is 11.2 Å². The summed E-state index contributed by atoms with van der Waals surface area (Å²) in [5.41, 5.74) is 6.14. The number of carbonyl (C=O) groups is 2. The molecule has 2 aromatic rings. The number of amidine groups is 2. The van der Waals surface area contributed by atoms with Gasteiger partial charge < -0.3 is 10.2 Å². The smallest absolute Gasteiger partial charge is 0.313 e. The minimum absolute atomic E-state index is 0.0155. The van der Waals surface area contributed by atoms with Crippen LogP contribution in [0.5, 0.6) is 0 Å². The van der Waals surface area contributed by atoms with Gasteiger partial charge in [0.15, 0.2) is 22.5 Å². The van der Waals surface area contributed by atoms with Gasteiger partial charge in [-0.15, -0.1) is 0 Å². The maximum atomic E-state index is 12.1. The predicted molar refractivity (Wildman–Crippen MR) is 98.9 cm³/mol. The monoisotopic (exact) mass is 385 g/mol. The molecule has 2 amide bonds. The molecule has 3 rings (SSSR count). The Bertz CT molecular complexity index is 993. The fourth-order valence-corrected chi connectivity index (χ4v) is 2.82. The highest BCUT2D eigenvalue weighted by Gasteiger charge is 2.24. The second-order valence-electron chi connectivity index (χ2n) is 5.15. The Labute approximate surface area is 156 Å². The third-order valence-electron chi connectivity index (χ3n) is 3.32. The van der Waals surface area contributed by atoms with Crippen LogP contribution in [0.15, 0.2) is 62.1 Å². The highest BCUT2D eigenvalue weighted by Crippen LogP contribution is 2.19. The van der Waals surface area contributed by atoms with E-state index in [1.807, 2.05) is 0 Å². The van der Waals surface area contributed by atoms with Gasteiger partial charge in [-0.3, -0.25) is 19.7 Å². The molecule has 2 N–H and O–H groups in total. The van der Waals surface area contributed by atoms with Gasteiger partial charge in [-0.2, -0.15) is 9.98 Å². The lowest BCUT2D eigenvalue weighted by atomic mass is 10.2. The van der Waals surface area contributed by atoms with Crippen molar-refractivity contribution in [1.29, 1.82) is 0 Å². The van der Waals surface area contributed by atoms with Gasteiger partial charge >= 0.3 is 11.8 Å². The summed E-state index contributed by atoms with van der Waals surface area (Å²) in [6.07, 6.45) is 1.30. The first kappa shape index (κ1) is 18.2. The Kier molecular flexibility index (Phi) is 5.22. The molecule has 0 saturated carbocycles. The molecular weight excluding hydrogens is 374 g/mol. The number of nitrogens with zero attached hydrogens (tertiary/aromatic N) is 4. The van der Waals surface area contributed by atoms with E-state index in [-0.39, 0.29) is 28.2 Å². The van der Waals surface area contributed by atoms with Crippen molar-refractivity contribution in [3.05, 3.63) is 64.1 Å². The molecular formula is C16H11N5O5S. The van der Waals surface area contributed by atoms with Gasteiger partial charge in [-0.25, -0.2) is 4.99 Å². The van der Waals surface area contributed by atoms with Crippen LogP contribution in [0.3, 0.4) is 0 Å². The van der Waals surface area contributed by atoms with Crippen molar-refractivity contribution in [1.82, 2.24) is 0 Å². The second kappa shape index (κ2) is 7.74. The van der Waals surface area contributed by atoms with Crippen molar-refractivity contribution in [2.75, 3.05) is 0 Å². The largest absolute Gasteiger partial charge is 0.459 e. The van der Waals surface area contributed by atoms with E-state index in [0.29, 0.717) is 5.75 Å². The molecule has 27 heavy (non-hydrogen) atoms. The first-order valence-electron chi connectivity index (χ1n) is 7.44. The molecule has 10 nitrogen and oxygen atoms in total. The number of hydrogen-bond acceptors (Lipinski definition) is 8. The minimum Gasteiger partial charge on any atom is -0.459 e. The molecule has 11 heteroatoms. The molecule has 0 fully saturated rings. The third-order valence-corrected chi connectivity index (χ3v) is 4.24. The SMILES string of the molecule is NC1=NC(SCc2ccc([N+](=O)[O-])cc2)=NC(=O)C1=NC(=O)c1ccco1. The summed E-state index contributed by atoms with van der Waals surface area (Å²) in [5, 5.41) is 10.8. The van der Waals surface area contributed by atoms with Crippen molar-refractivity contribution in [2.24, 2.45) is 20.7 Å². The van der Waals surface area contributed by atoms with Gasteiger partial charge in [-0.05, 0) is 17.7 Å². The molecule has 1 aromatic carbocycles. The van der Waals surface area contributed by atoms with E-state index in [1.165, 1.54) is 30.5 Å². The lowest BCUT2D eigenvalue weighted by Gasteiger charge is -2.09. The fourth-order valence-electron chi connectivity index (χ4n) is 2.02. The zero-order chi connectivity index (χ0) is 19.4. The van der Waals surface area contributed by atoms with Crippen LogP contribution in [0, 0.1) is 10.1 Å². The zero-order valence-corrected chi connectivity index (χ0v) is 14.4. The predicted octanol–water partition coefficient (Wildman–Crippen LogP) is 1.96. The summed E-state index contributed by atoms with van der Waals surface area (Å²) in [6, 6.07) is 8.87. The quantitative estimate of drug-likeness (QED) is 0.623. The van der Waals surface area contributed by atoms with Gasteiger partial charge in [-0.1, -0.05) is 23.9 Å². The molecule has 0 unspecified atom stereocenters. The Morgan fingerprint density at radius 1 is 1.26 bits per heavy atom. The maximum absolute atomic E-state index is 12.1. The van der Waals surface area contributed by atoms with Crippen LogP contribution in [0.1, 0.15) is 16.1 Å². The molecule has 0 saturated heterocycles. The number of thioether (sulfide) groups is 1. The first-order valence-corrected chi connectivity index (χ1v) is 8.43. The standard InChI is InChI=1S/C16H11N5O5S/c17-13-12(18-14(22)11-2-1-7-26-11)15(23)20-16(19-13)27-8-9-3-5-10(6-4-9)21(24)25/h1-7H,8H2,(H2,17,19,20,23). The number of aliphatic imine (C=N–C) groups is 3. The Balaban J connectivity index is 1.68. The second-order valence-corrected chi connectivity index (χ2v) is 6.09. The summed E-state index contributed by atoms with van der Waals surface area (Å²) in [4.78, 5) is 45.5. The molecule has 2 heterocycles. The van der Waals surface area contributed by atoms with Gasteiger partial charge in [0.25, 0.3) is 5.69 Å². The summed E-state index contributed by atoms with van der Waals surface area (Å²) < 4.78 is 4.91. The normalized spacial score (nSPS) is 15.4. The summed E-state index contributed by atoms with van der Waals surface area (Å²) in [5.74, 6) is -1.43. The van der Waals surface area contributed by atoms with Crippen molar-refractivity contribution in [2.45, 2.75) is 5.75 Å². The van der Waals surface area contributed by atoms with Crippen LogP contribution >= 0.6 is 11.8 Å². The number of carbonyl (C=O) groups excluding carboxylic acids is 2. The average Bonchev–Trinajstić information content (AvgIpc) is 3.18. The van der Waals surface area contributed by atoms with E-state index in [0.717, 1.165) is 17.3 Å². The number of furan rings is 1. The number of non-ortho nitro benzene ring substituents is 1. The summed E-state index contributed by atoms with van der Waals surface area (Å²) in [7, 11) is 0. The average molecular weight is 385 g/mol. The van der Waals surface area contributed by atoms with Gasteiger partial charge in [0.1, 0.15) is 0 Å². The summed E-state index contributed by atoms with van der Waals surface area (Å²) >= 11 is 1.12. The van der Waals surface area contributed by atoms with Crippen LogP contribution in [-0.2, 0) is 10.5 Å². The molecule has 1 aliphatic heterocycles. The highest BCUT2D eigenvalue weighted by molar-refractivity contribution is 8.13. The lowest BCUT2D eigenvalue weighted by Crippen LogP contribution is -2.35. The fraction of sp³-hybridized carbons (Fsp3) is 0.0625. The van der Waals surface area contributed by atoms with E-state index >= 15 is 0 Å². The molecule has 0 bridgehead atoms. The number of hydrogen-bond donors (Lipinski definition) is 1.